The van der Waals surface area contributed by atoms with Gasteiger partial charge in [0.05, 0.1) is 32.9 Å². The Hall–Kier alpha value is -3.74. The number of dihydropyridines is 1. The third-order valence-electron chi connectivity index (χ3n) is 6.12. The molecular formula is C26H28N2O5. The zero-order valence-corrected chi connectivity index (χ0v) is 19.3. The predicted octanol–water partition coefficient (Wildman–Crippen LogP) is 4.32. The minimum Gasteiger partial charge on any atom is -0.497 e. The van der Waals surface area contributed by atoms with E-state index >= 15 is 0 Å². The number of anilines is 1. The molecule has 4 rings (SSSR count). The SMILES string of the molecule is COc1ccc(OC)c([C@H]2C(C(=O)Nc3ccccc3OC)=C(C)NC3=C2C(=O)CCC3)c1. The highest BCUT2D eigenvalue weighted by Crippen LogP contribution is 2.46. The molecule has 7 heteroatoms. The highest BCUT2D eigenvalue weighted by Gasteiger charge is 2.40. The van der Waals surface area contributed by atoms with Crippen molar-refractivity contribution in [2.24, 2.45) is 0 Å². The highest BCUT2D eigenvalue weighted by atomic mass is 16.5. The van der Waals surface area contributed by atoms with E-state index in [-0.39, 0.29) is 11.7 Å². The van der Waals surface area contributed by atoms with Gasteiger partial charge >= 0.3 is 0 Å². The number of carbonyl (C=O) groups is 2. The van der Waals surface area contributed by atoms with E-state index in [2.05, 4.69) is 10.6 Å². The third kappa shape index (κ3) is 4.18. The van der Waals surface area contributed by atoms with E-state index in [1.165, 1.54) is 0 Å². The smallest absolute Gasteiger partial charge is 0.254 e. The van der Waals surface area contributed by atoms with Crippen LogP contribution in [0.2, 0.25) is 0 Å². The van der Waals surface area contributed by atoms with Crippen LogP contribution in [0.4, 0.5) is 5.69 Å². The van der Waals surface area contributed by atoms with Crippen LogP contribution >= 0.6 is 0 Å². The number of allylic oxidation sites excluding steroid dienone is 3. The van der Waals surface area contributed by atoms with Crippen LogP contribution in [-0.4, -0.2) is 33.0 Å². The van der Waals surface area contributed by atoms with Gasteiger partial charge in [-0.15, -0.1) is 0 Å². The minimum absolute atomic E-state index is 0.0358. The molecular weight excluding hydrogens is 420 g/mol. The fourth-order valence-electron chi connectivity index (χ4n) is 4.60. The molecule has 1 atom stereocenters. The predicted molar refractivity (Wildman–Crippen MR) is 126 cm³/mol. The maximum atomic E-state index is 13.7. The molecule has 0 aromatic heterocycles. The van der Waals surface area contributed by atoms with Gasteiger partial charge in [-0.3, -0.25) is 9.59 Å². The fourth-order valence-corrected chi connectivity index (χ4v) is 4.60. The average Bonchev–Trinajstić information content (AvgIpc) is 2.83. The first-order valence-electron chi connectivity index (χ1n) is 10.9. The number of methoxy groups -OCH3 is 3. The summed E-state index contributed by atoms with van der Waals surface area (Å²) in [6, 6.07) is 12.7. The highest BCUT2D eigenvalue weighted by molar-refractivity contribution is 6.10. The van der Waals surface area contributed by atoms with Crippen LogP contribution in [0.3, 0.4) is 0 Å². The summed E-state index contributed by atoms with van der Waals surface area (Å²) < 4.78 is 16.5. The number of para-hydroxylation sites is 2. The van der Waals surface area contributed by atoms with Gasteiger partial charge in [-0.2, -0.15) is 0 Å². The lowest BCUT2D eigenvalue weighted by Crippen LogP contribution is -2.35. The van der Waals surface area contributed by atoms with Gasteiger partial charge in [0.1, 0.15) is 17.2 Å². The van der Waals surface area contributed by atoms with Gasteiger partial charge in [0.2, 0.25) is 0 Å². The number of hydrogen-bond donors (Lipinski definition) is 2. The number of Topliss-reactive ketones (excluding diaryl/α,β-unsaturated/α-hetero) is 1. The molecule has 0 spiro atoms. The quantitative estimate of drug-likeness (QED) is 0.685. The molecule has 0 bridgehead atoms. The monoisotopic (exact) mass is 448 g/mol. The van der Waals surface area contributed by atoms with E-state index < -0.39 is 5.92 Å². The standard InChI is InChI=1S/C26H28N2O5/c1-15-23(26(30)28-18-8-5-6-11-22(18)33-4)24(25-19(27-15)9-7-10-20(25)29)17-14-16(31-2)12-13-21(17)32-3/h5-6,8,11-14,24,27H,7,9-10H2,1-4H3,(H,28,30)/t24-/m0/s1. The average molecular weight is 449 g/mol. The van der Waals surface area contributed by atoms with Crippen LogP contribution in [-0.2, 0) is 9.59 Å². The van der Waals surface area contributed by atoms with Crippen molar-refractivity contribution in [2.75, 3.05) is 26.6 Å². The second-order valence-corrected chi connectivity index (χ2v) is 8.03. The van der Waals surface area contributed by atoms with Crippen molar-refractivity contribution in [2.45, 2.75) is 32.1 Å². The number of carbonyl (C=O) groups excluding carboxylic acids is 2. The molecule has 0 fully saturated rings. The maximum Gasteiger partial charge on any atom is 0.254 e. The Labute approximate surface area is 193 Å². The first-order valence-corrected chi connectivity index (χ1v) is 10.9. The van der Waals surface area contributed by atoms with E-state index in [1.54, 1.807) is 45.6 Å². The second kappa shape index (κ2) is 9.40. The Morgan fingerprint density at radius 3 is 2.48 bits per heavy atom. The van der Waals surface area contributed by atoms with Gasteiger partial charge in [-0.05, 0) is 50.1 Å². The first kappa shape index (κ1) is 22.5. The molecule has 0 unspecified atom stereocenters. The third-order valence-corrected chi connectivity index (χ3v) is 6.12. The number of benzene rings is 2. The molecule has 2 aromatic rings. The Morgan fingerprint density at radius 1 is 1.00 bits per heavy atom. The molecule has 0 saturated heterocycles. The van der Waals surface area contributed by atoms with Crippen molar-refractivity contribution in [3.63, 3.8) is 0 Å². The summed E-state index contributed by atoms with van der Waals surface area (Å²) in [6.07, 6.45) is 1.98. The van der Waals surface area contributed by atoms with E-state index in [0.717, 1.165) is 18.5 Å². The number of rotatable bonds is 6. The molecule has 7 nitrogen and oxygen atoms in total. The van der Waals surface area contributed by atoms with Crippen molar-refractivity contribution in [3.8, 4) is 17.2 Å². The fraction of sp³-hybridized carbons (Fsp3) is 0.308. The molecule has 1 amide bonds. The summed E-state index contributed by atoms with van der Waals surface area (Å²) in [7, 11) is 4.72. The Balaban J connectivity index is 1.86. The van der Waals surface area contributed by atoms with Gasteiger partial charge in [-0.25, -0.2) is 0 Å². The molecule has 2 aromatic carbocycles. The number of nitrogens with one attached hydrogen (secondary N) is 2. The van der Waals surface area contributed by atoms with Crippen molar-refractivity contribution in [1.82, 2.24) is 5.32 Å². The summed E-state index contributed by atoms with van der Waals surface area (Å²) in [5.74, 6) is 0.893. The van der Waals surface area contributed by atoms with Crippen molar-refractivity contribution >= 4 is 17.4 Å². The van der Waals surface area contributed by atoms with Crippen LogP contribution in [0.1, 0.15) is 37.7 Å². The normalized spacial score (nSPS) is 17.8. The van der Waals surface area contributed by atoms with Crippen molar-refractivity contribution < 1.29 is 23.8 Å². The molecule has 1 heterocycles. The van der Waals surface area contributed by atoms with Crippen LogP contribution < -0.4 is 24.8 Å². The summed E-state index contributed by atoms with van der Waals surface area (Å²) in [5.41, 5.74) is 3.91. The van der Waals surface area contributed by atoms with Crippen molar-refractivity contribution in [3.05, 3.63) is 70.6 Å². The largest absolute Gasteiger partial charge is 0.497 e. The van der Waals surface area contributed by atoms with Crippen LogP contribution in [0, 0.1) is 0 Å². The number of ether oxygens (including phenoxy) is 3. The zero-order valence-electron chi connectivity index (χ0n) is 19.3. The lowest BCUT2D eigenvalue weighted by Gasteiger charge is -2.35. The summed E-state index contributed by atoms with van der Waals surface area (Å²) >= 11 is 0. The van der Waals surface area contributed by atoms with E-state index in [4.69, 9.17) is 14.2 Å². The summed E-state index contributed by atoms with van der Waals surface area (Å²) in [6.45, 7) is 1.86. The van der Waals surface area contributed by atoms with Crippen LogP contribution in [0.5, 0.6) is 17.2 Å². The molecule has 33 heavy (non-hydrogen) atoms. The van der Waals surface area contributed by atoms with Gasteiger partial charge < -0.3 is 24.8 Å². The molecule has 2 N–H and O–H groups in total. The lowest BCUT2D eigenvalue weighted by molar-refractivity contribution is -0.116. The topological polar surface area (TPSA) is 85.9 Å². The van der Waals surface area contributed by atoms with Gasteiger partial charge in [0, 0.05) is 34.5 Å². The van der Waals surface area contributed by atoms with Crippen LogP contribution in [0.25, 0.3) is 0 Å². The van der Waals surface area contributed by atoms with E-state index in [9.17, 15) is 9.59 Å². The first-order chi connectivity index (χ1) is 16.0. The summed E-state index contributed by atoms with van der Waals surface area (Å²) in [4.78, 5) is 26.9. The molecule has 0 radical (unpaired) electrons. The van der Waals surface area contributed by atoms with Gasteiger partial charge in [0.25, 0.3) is 5.91 Å². The molecule has 1 aliphatic carbocycles. The zero-order chi connectivity index (χ0) is 23.5. The molecule has 0 saturated carbocycles. The molecule has 172 valence electrons. The molecule has 1 aliphatic heterocycles. The number of ketones is 1. The Morgan fingerprint density at radius 2 is 1.76 bits per heavy atom. The molecule has 2 aliphatic rings. The Bertz CT molecular complexity index is 1170. The minimum atomic E-state index is -0.589. The Kier molecular flexibility index (Phi) is 6.40. The van der Waals surface area contributed by atoms with Crippen molar-refractivity contribution in [1.29, 1.82) is 0 Å². The number of amides is 1. The van der Waals surface area contributed by atoms with E-state index in [1.807, 2.05) is 25.1 Å². The second-order valence-electron chi connectivity index (χ2n) is 8.03. The summed E-state index contributed by atoms with van der Waals surface area (Å²) in [5, 5.41) is 6.30. The van der Waals surface area contributed by atoms with Gasteiger partial charge in [-0.1, -0.05) is 12.1 Å². The van der Waals surface area contributed by atoms with Crippen LogP contribution in [0.15, 0.2) is 65.0 Å². The van der Waals surface area contributed by atoms with E-state index in [0.29, 0.717) is 51.8 Å². The lowest BCUT2D eigenvalue weighted by atomic mass is 9.74. The maximum absolute atomic E-state index is 13.7. The number of hydrogen-bond acceptors (Lipinski definition) is 6. The van der Waals surface area contributed by atoms with Gasteiger partial charge in [0.15, 0.2) is 5.78 Å².